The number of nitrogens with zero attached hydrogens (tertiary/aromatic N) is 7. The topological polar surface area (TPSA) is 91.0 Å². The maximum atomic E-state index is 15.6. The van der Waals surface area contributed by atoms with E-state index in [1.807, 2.05) is 35.6 Å². The molecule has 1 aromatic carbocycles. The molecule has 1 aliphatic heterocycles. The first-order valence-corrected chi connectivity index (χ1v) is 14.1. The number of carbonyl (C=O) groups is 1. The molecule has 39 heavy (non-hydrogen) atoms. The largest absolute Gasteiger partial charge is 0.483 e. The van der Waals surface area contributed by atoms with Crippen LogP contribution in [0.5, 0.6) is 5.75 Å². The zero-order valence-corrected chi connectivity index (χ0v) is 23.3. The average molecular weight is 534 g/mol. The quantitative estimate of drug-likeness (QED) is 0.292. The Bertz CT molecular complexity index is 1260. The van der Waals surface area contributed by atoms with Gasteiger partial charge in [0.15, 0.2) is 17.6 Å². The van der Waals surface area contributed by atoms with Crippen molar-refractivity contribution in [2.75, 3.05) is 13.1 Å². The molecule has 11 heteroatoms. The second-order valence-corrected chi connectivity index (χ2v) is 11.3. The second kappa shape index (κ2) is 11.6. The van der Waals surface area contributed by atoms with Gasteiger partial charge in [-0.05, 0) is 82.2 Å². The molecule has 0 spiro atoms. The highest BCUT2D eigenvalue weighted by Crippen LogP contribution is 2.40. The predicted octanol–water partition coefficient (Wildman–Crippen LogP) is 4.64. The van der Waals surface area contributed by atoms with Crippen LogP contribution in [0, 0.1) is 0 Å². The summed E-state index contributed by atoms with van der Waals surface area (Å²) in [6, 6.07) is 8.42. The van der Waals surface area contributed by atoms with Gasteiger partial charge < -0.3 is 18.9 Å². The molecule has 2 fully saturated rings. The number of alkyl halides is 1. The normalized spacial score (nSPS) is 22.5. The summed E-state index contributed by atoms with van der Waals surface area (Å²) in [6.07, 6.45) is 6.68. The molecule has 1 saturated carbocycles. The van der Waals surface area contributed by atoms with Crippen LogP contribution < -0.4 is 4.74 Å². The maximum absolute atomic E-state index is 15.6. The van der Waals surface area contributed by atoms with E-state index in [2.05, 4.69) is 51.1 Å². The fourth-order valence-corrected chi connectivity index (χ4v) is 5.90. The SMILES string of the molecule is CC(C)c1cccc(O[C@H](C)c2nnc(C3CCC(n4cc(C5(F)CCN([B]C=O)CC5)nn4)CC3)n2C)c1. The van der Waals surface area contributed by atoms with Gasteiger partial charge in [-0.1, -0.05) is 31.2 Å². The van der Waals surface area contributed by atoms with Crippen LogP contribution in [0.1, 0.15) is 106 Å². The molecular weight excluding hydrogens is 496 g/mol. The zero-order chi connectivity index (χ0) is 27.6. The summed E-state index contributed by atoms with van der Waals surface area (Å²) < 4.78 is 25.8. The van der Waals surface area contributed by atoms with Crippen LogP contribution >= 0.6 is 0 Å². The van der Waals surface area contributed by atoms with Crippen molar-refractivity contribution in [1.82, 2.24) is 34.6 Å². The van der Waals surface area contributed by atoms with Gasteiger partial charge in [-0.3, -0.25) is 0 Å². The number of benzene rings is 1. The number of piperidine rings is 1. The van der Waals surface area contributed by atoms with Gasteiger partial charge in [-0.25, -0.2) is 9.07 Å². The van der Waals surface area contributed by atoms with Gasteiger partial charge in [-0.2, -0.15) is 0 Å². The fourth-order valence-electron chi connectivity index (χ4n) is 5.90. The summed E-state index contributed by atoms with van der Waals surface area (Å²) in [5.74, 6) is 3.38. The summed E-state index contributed by atoms with van der Waals surface area (Å²) in [6.45, 7) is 7.36. The number of rotatable bonds is 9. The van der Waals surface area contributed by atoms with Crippen molar-refractivity contribution in [2.24, 2.45) is 7.05 Å². The molecule has 2 aliphatic rings. The molecule has 1 saturated heterocycles. The van der Waals surface area contributed by atoms with Gasteiger partial charge in [0.1, 0.15) is 17.3 Å². The Morgan fingerprint density at radius 3 is 2.54 bits per heavy atom. The molecule has 0 N–H and O–H groups in total. The van der Waals surface area contributed by atoms with Crippen molar-refractivity contribution in [3.05, 3.63) is 53.4 Å². The standard InChI is InChI=1S/C28H38BFN7O2/c1-19(2)22-6-5-7-24(16-22)39-20(3)26-32-33-27(35(26)4)21-8-10-23(11-9-21)37-17-25(31-34-37)28(30)12-14-36(15-13-28)29-18-38/h5-7,16-21,23H,8-15H2,1-4H3/t20-,21?,23?/m1/s1. The minimum atomic E-state index is -1.49. The average Bonchev–Trinajstić information content (AvgIpc) is 3.58. The molecule has 1 radical (unpaired) electrons. The maximum Gasteiger partial charge on any atom is 0.293 e. The van der Waals surface area contributed by atoms with E-state index in [9.17, 15) is 4.79 Å². The van der Waals surface area contributed by atoms with E-state index in [4.69, 9.17) is 4.74 Å². The zero-order valence-electron chi connectivity index (χ0n) is 23.3. The minimum absolute atomic E-state index is 0.192. The van der Waals surface area contributed by atoms with E-state index in [0.29, 0.717) is 43.5 Å². The third-order valence-corrected chi connectivity index (χ3v) is 8.41. The van der Waals surface area contributed by atoms with Gasteiger partial charge in [0.25, 0.3) is 7.41 Å². The minimum Gasteiger partial charge on any atom is -0.483 e. The molecular formula is C28H38BFN7O2. The van der Waals surface area contributed by atoms with Crippen molar-refractivity contribution < 1.29 is 13.9 Å². The molecule has 2 aromatic heterocycles. The Morgan fingerprint density at radius 2 is 1.85 bits per heavy atom. The lowest BCUT2D eigenvalue weighted by atomic mass is 9.84. The Hall–Kier alpha value is -3.08. The second-order valence-electron chi connectivity index (χ2n) is 11.3. The molecule has 3 aromatic rings. The summed E-state index contributed by atoms with van der Waals surface area (Å²) in [7, 11) is 3.50. The third-order valence-electron chi connectivity index (χ3n) is 8.41. The Labute approximate surface area is 230 Å². The van der Waals surface area contributed by atoms with Gasteiger partial charge in [0, 0.05) is 13.0 Å². The van der Waals surface area contributed by atoms with E-state index >= 15 is 4.39 Å². The molecule has 5 rings (SSSR count). The van der Waals surface area contributed by atoms with E-state index in [-0.39, 0.29) is 12.1 Å². The lowest BCUT2D eigenvalue weighted by molar-refractivity contribution is 0.0822. The monoisotopic (exact) mass is 534 g/mol. The van der Waals surface area contributed by atoms with Crippen molar-refractivity contribution in [2.45, 2.75) is 88.9 Å². The van der Waals surface area contributed by atoms with Crippen molar-refractivity contribution in [3.63, 3.8) is 0 Å². The third kappa shape index (κ3) is 5.93. The highest BCUT2D eigenvalue weighted by Gasteiger charge is 2.39. The first-order valence-electron chi connectivity index (χ1n) is 14.1. The number of carbonyl (C=O) groups excluding carboxylic acids is 1. The van der Waals surface area contributed by atoms with Crippen molar-refractivity contribution in [3.8, 4) is 5.75 Å². The number of hydrogen-bond acceptors (Lipinski definition) is 7. The van der Waals surface area contributed by atoms with Crippen LogP contribution in [0.2, 0.25) is 0 Å². The Morgan fingerprint density at radius 1 is 1.10 bits per heavy atom. The van der Waals surface area contributed by atoms with Crippen LogP contribution in [0.15, 0.2) is 30.5 Å². The fraction of sp³-hybridized carbons (Fsp3) is 0.607. The smallest absolute Gasteiger partial charge is 0.293 e. The van der Waals surface area contributed by atoms with E-state index in [1.165, 1.54) is 13.0 Å². The summed E-state index contributed by atoms with van der Waals surface area (Å²) in [5.41, 5.74) is 0.156. The van der Waals surface area contributed by atoms with Crippen LogP contribution in [-0.2, 0) is 17.5 Å². The molecule has 0 amide bonds. The van der Waals surface area contributed by atoms with Crippen molar-refractivity contribution >= 4 is 13.6 Å². The molecule has 3 heterocycles. The molecule has 0 bridgehead atoms. The Kier molecular flexibility index (Phi) is 8.16. The highest BCUT2D eigenvalue weighted by atomic mass is 19.1. The summed E-state index contributed by atoms with van der Waals surface area (Å²) >= 11 is 0. The van der Waals surface area contributed by atoms with E-state index in [0.717, 1.165) is 49.3 Å². The molecule has 0 unspecified atom stereocenters. The van der Waals surface area contributed by atoms with Crippen LogP contribution in [0.3, 0.4) is 0 Å². The van der Waals surface area contributed by atoms with Gasteiger partial charge in [0.2, 0.25) is 0 Å². The van der Waals surface area contributed by atoms with Gasteiger partial charge in [-0.15, -0.1) is 15.3 Å². The molecule has 9 nitrogen and oxygen atoms in total. The first kappa shape index (κ1) is 27.5. The lowest BCUT2D eigenvalue weighted by Crippen LogP contribution is -2.42. The molecule has 1 atom stereocenters. The van der Waals surface area contributed by atoms with Crippen LogP contribution in [-0.4, -0.2) is 61.3 Å². The van der Waals surface area contributed by atoms with Crippen molar-refractivity contribution in [1.29, 1.82) is 0 Å². The van der Waals surface area contributed by atoms with Gasteiger partial charge >= 0.3 is 0 Å². The lowest BCUT2D eigenvalue weighted by Gasteiger charge is -2.34. The predicted molar refractivity (Wildman–Crippen MR) is 147 cm³/mol. The molecule has 1 aliphatic carbocycles. The first-order chi connectivity index (χ1) is 18.8. The van der Waals surface area contributed by atoms with E-state index < -0.39 is 5.67 Å². The number of ether oxygens (including phenoxy) is 1. The molecule has 207 valence electrons. The van der Waals surface area contributed by atoms with Crippen LogP contribution in [0.4, 0.5) is 4.39 Å². The Balaban J connectivity index is 1.18. The number of aromatic nitrogens is 6. The van der Waals surface area contributed by atoms with Gasteiger partial charge in [0.05, 0.1) is 18.4 Å². The summed E-state index contributed by atoms with van der Waals surface area (Å²) in [5, 5.41) is 17.6. The highest BCUT2D eigenvalue weighted by molar-refractivity contribution is 6.64. The number of hydrogen-bond donors (Lipinski definition) is 0. The number of halogens is 1. The summed E-state index contributed by atoms with van der Waals surface area (Å²) in [4.78, 5) is 12.6. The van der Waals surface area contributed by atoms with E-state index in [1.54, 1.807) is 6.20 Å². The van der Waals surface area contributed by atoms with Crippen LogP contribution in [0.25, 0.3) is 0 Å².